The summed E-state index contributed by atoms with van der Waals surface area (Å²) < 4.78 is 18.6. The quantitative estimate of drug-likeness (QED) is 0.847. The molecule has 0 radical (unpaired) electrons. The Morgan fingerprint density at radius 1 is 1.40 bits per heavy atom. The summed E-state index contributed by atoms with van der Waals surface area (Å²) in [5.41, 5.74) is 0. The van der Waals surface area contributed by atoms with Crippen LogP contribution in [0, 0.1) is 5.82 Å². The van der Waals surface area contributed by atoms with E-state index in [2.05, 4.69) is 0 Å². The van der Waals surface area contributed by atoms with Crippen LogP contribution in [-0.4, -0.2) is 17.3 Å². The normalized spacial score (nSPS) is 25.5. The number of halogens is 2. The summed E-state index contributed by atoms with van der Waals surface area (Å²) in [6.07, 6.45) is 1.85. The van der Waals surface area contributed by atoms with Crippen molar-refractivity contribution in [2.75, 3.05) is 0 Å². The van der Waals surface area contributed by atoms with E-state index in [1.165, 1.54) is 12.1 Å². The van der Waals surface area contributed by atoms with Crippen molar-refractivity contribution in [3.05, 3.63) is 29.0 Å². The van der Waals surface area contributed by atoms with E-state index in [9.17, 15) is 9.50 Å². The molecule has 0 saturated heterocycles. The molecular formula is C11H12ClFO2. The van der Waals surface area contributed by atoms with Gasteiger partial charge >= 0.3 is 0 Å². The van der Waals surface area contributed by atoms with E-state index in [4.69, 9.17) is 16.3 Å². The van der Waals surface area contributed by atoms with Gasteiger partial charge in [0.15, 0.2) is 0 Å². The van der Waals surface area contributed by atoms with Gasteiger partial charge in [0.05, 0.1) is 11.1 Å². The molecule has 1 fully saturated rings. The fraction of sp³-hybridized carbons (Fsp3) is 0.455. The Bertz CT molecular complexity index is 356. The largest absolute Gasteiger partial charge is 0.488 e. The summed E-state index contributed by atoms with van der Waals surface area (Å²) >= 11 is 5.55. The summed E-state index contributed by atoms with van der Waals surface area (Å²) in [5.74, 6) is -0.0792. The monoisotopic (exact) mass is 230 g/mol. The summed E-state index contributed by atoms with van der Waals surface area (Å²) in [4.78, 5) is 0. The molecule has 0 aromatic heterocycles. The van der Waals surface area contributed by atoms with Gasteiger partial charge in [-0.25, -0.2) is 4.39 Å². The minimum Gasteiger partial charge on any atom is -0.488 e. The molecule has 82 valence electrons. The lowest BCUT2D eigenvalue weighted by Gasteiger charge is -2.17. The van der Waals surface area contributed by atoms with E-state index in [0.29, 0.717) is 5.75 Å². The number of aliphatic hydroxyl groups excluding tert-OH is 1. The molecule has 4 heteroatoms. The van der Waals surface area contributed by atoms with Crippen molar-refractivity contribution in [1.82, 2.24) is 0 Å². The molecule has 0 spiro atoms. The van der Waals surface area contributed by atoms with Gasteiger partial charge in [-0.05, 0) is 31.4 Å². The van der Waals surface area contributed by atoms with E-state index in [0.717, 1.165) is 19.3 Å². The molecule has 1 aromatic carbocycles. The van der Waals surface area contributed by atoms with Crippen molar-refractivity contribution in [2.24, 2.45) is 0 Å². The number of hydrogen-bond acceptors (Lipinski definition) is 2. The fourth-order valence-electron chi connectivity index (χ4n) is 1.77. The predicted molar refractivity (Wildman–Crippen MR) is 55.7 cm³/mol. The molecule has 2 unspecified atom stereocenters. The highest BCUT2D eigenvalue weighted by atomic mass is 35.5. The van der Waals surface area contributed by atoms with Gasteiger partial charge in [-0.2, -0.15) is 0 Å². The lowest BCUT2D eigenvalue weighted by atomic mass is 10.2. The molecule has 0 aliphatic heterocycles. The molecule has 1 aliphatic rings. The minimum absolute atomic E-state index is 0.0781. The third-order valence-corrected chi connectivity index (χ3v) is 2.90. The Kier molecular flexibility index (Phi) is 3.12. The topological polar surface area (TPSA) is 29.5 Å². The zero-order chi connectivity index (χ0) is 10.8. The van der Waals surface area contributed by atoms with E-state index in [-0.39, 0.29) is 11.1 Å². The highest BCUT2D eigenvalue weighted by molar-refractivity contribution is 6.30. The molecule has 1 aromatic rings. The summed E-state index contributed by atoms with van der Waals surface area (Å²) in [6, 6.07) is 4.30. The fourth-order valence-corrected chi connectivity index (χ4v) is 1.89. The van der Waals surface area contributed by atoms with Gasteiger partial charge in [0, 0.05) is 6.07 Å². The van der Waals surface area contributed by atoms with Gasteiger partial charge in [0.1, 0.15) is 17.7 Å². The molecule has 1 aliphatic carbocycles. The van der Waals surface area contributed by atoms with Crippen molar-refractivity contribution in [3.8, 4) is 5.75 Å². The van der Waals surface area contributed by atoms with Gasteiger partial charge in [-0.1, -0.05) is 11.6 Å². The van der Waals surface area contributed by atoms with Crippen LogP contribution in [0.2, 0.25) is 5.02 Å². The molecule has 2 rings (SSSR count). The van der Waals surface area contributed by atoms with Gasteiger partial charge in [-0.15, -0.1) is 0 Å². The van der Waals surface area contributed by atoms with Gasteiger partial charge in [-0.3, -0.25) is 0 Å². The van der Waals surface area contributed by atoms with E-state index >= 15 is 0 Å². The first-order chi connectivity index (χ1) is 7.16. The first-order valence-corrected chi connectivity index (χ1v) is 5.34. The summed E-state index contributed by atoms with van der Waals surface area (Å²) in [7, 11) is 0. The van der Waals surface area contributed by atoms with Crippen molar-refractivity contribution >= 4 is 11.6 Å². The highest BCUT2D eigenvalue weighted by Gasteiger charge is 2.26. The zero-order valence-electron chi connectivity index (χ0n) is 8.12. The summed E-state index contributed by atoms with van der Waals surface area (Å²) in [6.45, 7) is 0. The number of aliphatic hydroxyl groups is 1. The first kappa shape index (κ1) is 10.7. The van der Waals surface area contributed by atoms with Crippen molar-refractivity contribution in [3.63, 3.8) is 0 Å². The standard InChI is InChI=1S/C11H12ClFO2/c12-8-5-4-7(6-9(8)13)15-11-3-1-2-10(11)14/h4-6,10-11,14H,1-3H2. The van der Waals surface area contributed by atoms with Gasteiger partial charge in [0.25, 0.3) is 0 Å². The van der Waals surface area contributed by atoms with E-state index in [1.54, 1.807) is 6.07 Å². The van der Waals surface area contributed by atoms with Crippen molar-refractivity contribution in [2.45, 2.75) is 31.5 Å². The van der Waals surface area contributed by atoms with Crippen LogP contribution in [0.1, 0.15) is 19.3 Å². The maximum atomic E-state index is 13.1. The van der Waals surface area contributed by atoms with Crippen LogP contribution in [0.25, 0.3) is 0 Å². The second-order valence-electron chi connectivity index (χ2n) is 3.73. The second-order valence-corrected chi connectivity index (χ2v) is 4.14. The van der Waals surface area contributed by atoms with Crippen LogP contribution in [0.5, 0.6) is 5.75 Å². The molecule has 2 atom stereocenters. The molecule has 15 heavy (non-hydrogen) atoms. The Labute approximate surface area is 92.6 Å². The van der Waals surface area contributed by atoms with Crippen LogP contribution in [0.15, 0.2) is 18.2 Å². The maximum absolute atomic E-state index is 13.1. The SMILES string of the molecule is OC1CCCC1Oc1ccc(Cl)c(F)c1. The molecule has 2 nitrogen and oxygen atoms in total. The lowest BCUT2D eigenvalue weighted by Crippen LogP contribution is -2.25. The van der Waals surface area contributed by atoms with Crippen LogP contribution >= 0.6 is 11.6 Å². The lowest BCUT2D eigenvalue weighted by molar-refractivity contribution is 0.0602. The summed E-state index contributed by atoms with van der Waals surface area (Å²) in [5, 5.41) is 9.61. The Hall–Kier alpha value is -0.800. The molecule has 1 saturated carbocycles. The maximum Gasteiger partial charge on any atom is 0.145 e. The van der Waals surface area contributed by atoms with Crippen LogP contribution in [-0.2, 0) is 0 Å². The van der Waals surface area contributed by atoms with E-state index in [1.807, 2.05) is 0 Å². The Balaban J connectivity index is 2.07. The number of hydrogen-bond donors (Lipinski definition) is 1. The average Bonchev–Trinajstić information content (AvgIpc) is 2.59. The Morgan fingerprint density at radius 3 is 2.80 bits per heavy atom. The van der Waals surface area contributed by atoms with E-state index < -0.39 is 11.9 Å². The van der Waals surface area contributed by atoms with Crippen molar-refractivity contribution < 1.29 is 14.2 Å². The zero-order valence-corrected chi connectivity index (χ0v) is 8.88. The highest BCUT2D eigenvalue weighted by Crippen LogP contribution is 2.26. The van der Waals surface area contributed by atoms with Crippen molar-refractivity contribution in [1.29, 1.82) is 0 Å². The molecule has 1 N–H and O–H groups in total. The first-order valence-electron chi connectivity index (χ1n) is 4.96. The van der Waals surface area contributed by atoms with Gasteiger partial charge < -0.3 is 9.84 Å². The average molecular weight is 231 g/mol. The number of ether oxygens (including phenoxy) is 1. The minimum atomic E-state index is -0.498. The Morgan fingerprint density at radius 2 is 2.20 bits per heavy atom. The number of rotatable bonds is 2. The van der Waals surface area contributed by atoms with Crippen LogP contribution in [0.4, 0.5) is 4.39 Å². The smallest absolute Gasteiger partial charge is 0.145 e. The number of benzene rings is 1. The third kappa shape index (κ3) is 2.41. The van der Waals surface area contributed by atoms with Gasteiger partial charge in [0.2, 0.25) is 0 Å². The third-order valence-electron chi connectivity index (χ3n) is 2.60. The second kappa shape index (κ2) is 4.37. The molecule has 0 amide bonds. The van der Waals surface area contributed by atoms with Crippen LogP contribution in [0.3, 0.4) is 0 Å². The van der Waals surface area contributed by atoms with Crippen LogP contribution < -0.4 is 4.74 Å². The molecular weight excluding hydrogens is 219 g/mol. The molecule has 0 bridgehead atoms. The molecule has 0 heterocycles. The predicted octanol–water partition coefficient (Wildman–Crippen LogP) is 2.77.